The molecule has 1 heterocycles. The fourth-order valence-corrected chi connectivity index (χ4v) is 2.48. The molecule has 0 aliphatic carbocycles. The first kappa shape index (κ1) is 13.4. The van der Waals surface area contributed by atoms with Gasteiger partial charge in [-0.1, -0.05) is 12.1 Å². The van der Waals surface area contributed by atoms with Gasteiger partial charge in [0.2, 0.25) is 0 Å². The van der Waals surface area contributed by atoms with E-state index in [-0.39, 0.29) is 10.7 Å². The van der Waals surface area contributed by atoms with E-state index in [9.17, 15) is 12.8 Å². The first-order valence-electron chi connectivity index (χ1n) is 5.44. The Kier molecular flexibility index (Phi) is 3.77. The van der Waals surface area contributed by atoms with Crippen molar-refractivity contribution in [3.05, 3.63) is 54.0 Å². The summed E-state index contributed by atoms with van der Waals surface area (Å²) in [6.45, 7) is 0.323. The van der Waals surface area contributed by atoms with Gasteiger partial charge in [-0.25, -0.2) is 17.8 Å². The SMILES string of the molecule is NCc1ccc(NS(=O)(=O)c2cccc(F)c2)nc1. The van der Waals surface area contributed by atoms with Gasteiger partial charge in [-0.3, -0.25) is 4.72 Å². The van der Waals surface area contributed by atoms with Crippen molar-refractivity contribution >= 4 is 15.8 Å². The highest BCUT2D eigenvalue weighted by atomic mass is 32.2. The van der Waals surface area contributed by atoms with E-state index in [1.807, 2.05) is 0 Å². The number of nitrogens with one attached hydrogen (secondary N) is 1. The Morgan fingerprint density at radius 1 is 1.26 bits per heavy atom. The number of hydrogen-bond donors (Lipinski definition) is 2. The molecule has 19 heavy (non-hydrogen) atoms. The third kappa shape index (κ3) is 3.27. The van der Waals surface area contributed by atoms with Crippen LogP contribution < -0.4 is 10.5 Å². The van der Waals surface area contributed by atoms with Gasteiger partial charge in [-0.15, -0.1) is 0 Å². The van der Waals surface area contributed by atoms with E-state index in [4.69, 9.17) is 5.73 Å². The number of anilines is 1. The molecule has 0 amide bonds. The van der Waals surface area contributed by atoms with Crippen LogP contribution in [0.1, 0.15) is 5.56 Å². The fraction of sp³-hybridized carbons (Fsp3) is 0.0833. The molecule has 0 aliphatic rings. The van der Waals surface area contributed by atoms with Crippen molar-refractivity contribution in [1.82, 2.24) is 4.98 Å². The average Bonchev–Trinajstić information content (AvgIpc) is 2.39. The highest BCUT2D eigenvalue weighted by Crippen LogP contribution is 2.15. The number of aromatic nitrogens is 1. The maximum Gasteiger partial charge on any atom is 0.263 e. The average molecular weight is 281 g/mol. The van der Waals surface area contributed by atoms with Crippen LogP contribution in [-0.2, 0) is 16.6 Å². The zero-order valence-corrected chi connectivity index (χ0v) is 10.7. The van der Waals surface area contributed by atoms with Crippen molar-refractivity contribution in [2.45, 2.75) is 11.4 Å². The molecule has 7 heteroatoms. The topological polar surface area (TPSA) is 85.1 Å². The van der Waals surface area contributed by atoms with Crippen LogP contribution in [0.5, 0.6) is 0 Å². The van der Waals surface area contributed by atoms with Gasteiger partial charge in [0, 0.05) is 12.7 Å². The number of rotatable bonds is 4. The molecule has 2 aromatic rings. The maximum atomic E-state index is 13.0. The van der Waals surface area contributed by atoms with E-state index in [1.165, 1.54) is 30.5 Å². The number of nitrogens with two attached hydrogens (primary N) is 1. The summed E-state index contributed by atoms with van der Waals surface area (Å²) >= 11 is 0. The van der Waals surface area contributed by atoms with Gasteiger partial charge >= 0.3 is 0 Å². The first-order valence-corrected chi connectivity index (χ1v) is 6.93. The molecule has 2 rings (SSSR count). The minimum atomic E-state index is -3.84. The third-order valence-electron chi connectivity index (χ3n) is 2.41. The second kappa shape index (κ2) is 5.33. The minimum absolute atomic E-state index is 0.154. The quantitative estimate of drug-likeness (QED) is 0.889. The van der Waals surface area contributed by atoms with Crippen LogP contribution in [0.3, 0.4) is 0 Å². The molecule has 0 fully saturated rings. The molecule has 0 bridgehead atoms. The van der Waals surface area contributed by atoms with Crippen molar-refractivity contribution in [3.63, 3.8) is 0 Å². The van der Waals surface area contributed by atoms with E-state index >= 15 is 0 Å². The van der Waals surface area contributed by atoms with Crippen molar-refractivity contribution in [1.29, 1.82) is 0 Å². The number of sulfonamides is 1. The molecule has 0 unspecified atom stereocenters. The second-order valence-corrected chi connectivity index (χ2v) is 5.50. The van der Waals surface area contributed by atoms with Crippen LogP contribution >= 0.6 is 0 Å². The lowest BCUT2D eigenvalue weighted by Gasteiger charge is -2.07. The molecule has 1 aromatic heterocycles. The molecule has 0 saturated heterocycles. The summed E-state index contributed by atoms with van der Waals surface area (Å²) in [4.78, 5) is 3.76. The zero-order valence-electron chi connectivity index (χ0n) is 9.88. The monoisotopic (exact) mass is 281 g/mol. The van der Waals surface area contributed by atoms with Gasteiger partial charge in [0.25, 0.3) is 10.0 Å². The Hall–Kier alpha value is -1.99. The molecule has 0 aliphatic heterocycles. The van der Waals surface area contributed by atoms with Gasteiger partial charge in [0.15, 0.2) is 0 Å². The zero-order chi connectivity index (χ0) is 13.9. The van der Waals surface area contributed by atoms with Crippen LogP contribution in [0.4, 0.5) is 10.2 Å². The lowest BCUT2D eigenvalue weighted by molar-refractivity contribution is 0.595. The molecule has 0 saturated carbocycles. The Labute approximate surface area is 110 Å². The lowest BCUT2D eigenvalue weighted by Crippen LogP contribution is -2.14. The van der Waals surface area contributed by atoms with Gasteiger partial charge in [0.1, 0.15) is 11.6 Å². The van der Waals surface area contributed by atoms with Crippen LogP contribution in [0.2, 0.25) is 0 Å². The summed E-state index contributed by atoms with van der Waals surface area (Å²) in [5, 5.41) is 0. The summed E-state index contributed by atoms with van der Waals surface area (Å²) in [5.74, 6) is -0.462. The van der Waals surface area contributed by atoms with Crippen molar-refractivity contribution in [2.24, 2.45) is 5.73 Å². The molecule has 100 valence electrons. The highest BCUT2D eigenvalue weighted by Gasteiger charge is 2.15. The molecule has 5 nitrogen and oxygen atoms in total. The number of pyridine rings is 1. The molecular weight excluding hydrogens is 269 g/mol. The predicted molar refractivity (Wildman–Crippen MR) is 69.3 cm³/mol. The number of halogens is 1. The van der Waals surface area contributed by atoms with Gasteiger partial charge < -0.3 is 5.73 Å². The van der Waals surface area contributed by atoms with E-state index in [0.29, 0.717) is 6.54 Å². The summed E-state index contributed by atoms with van der Waals surface area (Å²) in [5.41, 5.74) is 6.20. The van der Waals surface area contributed by atoms with Crippen molar-refractivity contribution < 1.29 is 12.8 Å². The largest absolute Gasteiger partial charge is 0.326 e. The summed E-state index contributed by atoms with van der Waals surface area (Å²) in [6, 6.07) is 7.91. The number of nitrogens with zero attached hydrogens (tertiary/aromatic N) is 1. The molecule has 0 spiro atoms. The number of benzene rings is 1. The molecule has 0 atom stereocenters. The van der Waals surface area contributed by atoms with Gasteiger partial charge in [-0.2, -0.15) is 0 Å². The molecule has 1 aromatic carbocycles. The molecule has 0 radical (unpaired) electrons. The Morgan fingerprint density at radius 3 is 2.63 bits per heavy atom. The van der Waals surface area contributed by atoms with E-state index in [2.05, 4.69) is 9.71 Å². The maximum absolute atomic E-state index is 13.0. The molecular formula is C12H12FN3O2S. The van der Waals surface area contributed by atoms with Gasteiger partial charge in [-0.05, 0) is 29.8 Å². The third-order valence-corrected chi connectivity index (χ3v) is 3.76. The van der Waals surface area contributed by atoms with Crippen LogP contribution in [0, 0.1) is 5.82 Å². The highest BCUT2D eigenvalue weighted by molar-refractivity contribution is 7.92. The molecule has 3 N–H and O–H groups in total. The normalized spacial score (nSPS) is 11.3. The fourth-order valence-electron chi connectivity index (χ4n) is 1.44. The Morgan fingerprint density at radius 2 is 2.05 bits per heavy atom. The lowest BCUT2D eigenvalue weighted by atomic mass is 10.3. The van der Waals surface area contributed by atoms with Gasteiger partial charge in [0.05, 0.1) is 4.90 Å². The predicted octanol–water partition coefficient (Wildman–Crippen LogP) is 1.48. The second-order valence-electron chi connectivity index (χ2n) is 3.82. The van der Waals surface area contributed by atoms with E-state index < -0.39 is 15.8 Å². The van der Waals surface area contributed by atoms with E-state index in [1.54, 1.807) is 6.07 Å². The summed E-state index contributed by atoms with van der Waals surface area (Å²) in [6.07, 6.45) is 1.48. The Balaban J connectivity index is 2.25. The smallest absolute Gasteiger partial charge is 0.263 e. The van der Waals surface area contributed by atoms with Crippen LogP contribution in [0.15, 0.2) is 47.5 Å². The standard InChI is InChI=1S/C12H12FN3O2S/c13-10-2-1-3-11(6-10)19(17,18)16-12-5-4-9(7-14)8-15-12/h1-6,8H,7,14H2,(H,15,16). The van der Waals surface area contributed by atoms with E-state index in [0.717, 1.165) is 11.6 Å². The summed E-state index contributed by atoms with van der Waals surface area (Å²) < 4.78 is 39.2. The van der Waals surface area contributed by atoms with Crippen LogP contribution in [-0.4, -0.2) is 13.4 Å². The minimum Gasteiger partial charge on any atom is -0.326 e. The van der Waals surface area contributed by atoms with Crippen molar-refractivity contribution in [3.8, 4) is 0 Å². The number of hydrogen-bond acceptors (Lipinski definition) is 4. The Bertz CT molecular complexity index is 672. The first-order chi connectivity index (χ1) is 9.01. The van der Waals surface area contributed by atoms with Crippen LogP contribution in [0.25, 0.3) is 0 Å². The summed E-state index contributed by atoms with van der Waals surface area (Å²) in [7, 11) is -3.84. The van der Waals surface area contributed by atoms with Crippen molar-refractivity contribution in [2.75, 3.05) is 4.72 Å².